The molecule has 0 amide bonds. The Hall–Kier alpha value is -3.59. The average Bonchev–Trinajstić information content (AvgIpc) is 3.34. The maximum Gasteiger partial charge on any atom is 0.335 e. The molecule has 3 N–H and O–H groups in total. The van der Waals surface area contributed by atoms with Gasteiger partial charge in [0.15, 0.2) is 5.13 Å². The topological polar surface area (TPSA) is 115 Å². The van der Waals surface area contributed by atoms with Gasteiger partial charge in [-0.2, -0.15) is 0 Å². The summed E-state index contributed by atoms with van der Waals surface area (Å²) in [6.07, 6.45) is 1.52. The first-order valence-electron chi connectivity index (χ1n) is 11.6. The number of aromatic nitrogens is 1. The van der Waals surface area contributed by atoms with E-state index in [0.717, 1.165) is 47.9 Å². The van der Waals surface area contributed by atoms with E-state index in [0.29, 0.717) is 23.6 Å². The highest BCUT2D eigenvalue weighted by Gasteiger charge is 2.27. The summed E-state index contributed by atoms with van der Waals surface area (Å²) in [5.41, 5.74) is 10.1. The molecular formula is C26H29N3O5S. The first kappa shape index (κ1) is 24.5. The molecular weight excluding hydrogens is 466 g/mol. The van der Waals surface area contributed by atoms with Gasteiger partial charge in [0.2, 0.25) is 0 Å². The van der Waals surface area contributed by atoms with Crippen molar-refractivity contribution in [1.82, 2.24) is 4.98 Å². The summed E-state index contributed by atoms with van der Waals surface area (Å²) in [6, 6.07) is 10.6. The SMILES string of the molecule is CCOC(=O)C1CCN(c2nc(-c3cc(C)ccc3OCc3ccc(C(=O)O)cc3N)cs2)CC1. The van der Waals surface area contributed by atoms with E-state index < -0.39 is 5.97 Å². The number of carbonyl (C=O) groups excluding carboxylic acids is 1. The van der Waals surface area contributed by atoms with Crippen LogP contribution in [0.4, 0.5) is 10.8 Å². The van der Waals surface area contributed by atoms with Gasteiger partial charge in [-0.15, -0.1) is 11.3 Å². The number of hydrogen-bond acceptors (Lipinski definition) is 8. The van der Waals surface area contributed by atoms with E-state index in [9.17, 15) is 9.59 Å². The smallest absolute Gasteiger partial charge is 0.335 e. The number of nitrogens with zero attached hydrogens (tertiary/aromatic N) is 2. The Morgan fingerprint density at radius 2 is 1.97 bits per heavy atom. The number of carboxylic acids is 1. The standard InChI is InChI=1S/C26H29N3O5S/c1-3-33-25(32)17-8-10-29(11-9-17)26-28-22(15-35-26)20-12-16(2)4-7-23(20)34-14-19-6-5-18(24(30)31)13-21(19)27/h4-7,12-13,15,17H,3,8-11,14,27H2,1-2H3,(H,30,31). The number of nitrogen functional groups attached to an aromatic ring is 1. The van der Waals surface area contributed by atoms with Crippen LogP contribution in [0.1, 0.15) is 41.3 Å². The Morgan fingerprint density at radius 3 is 2.66 bits per heavy atom. The van der Waals surface area contributed by atoms with E-state index in [1.165, 1.54) is 12.1 Å². The molecule has 0 unspecified atom stereocenters. The molecule has 0 aliphatic carbocycles. The van der Waals surface area contributed by atoms with Gasteiger partial charge in [-0.3, -0.25) is 4.79 Å². The van der Waals surface area contributed by atoms with Gasteiger partial charge in [-0.1, -0.05) is 17.7 Å². The summed E-state index contributed by atoms with van der Waals surface area (Å²) in [4.78, 5) is 30.3. The maximum absolute atomic E-state index is 12.0. The number of carbonyl (C=O) groups is 2. The predicted molar refractivity (Wildman–Crippen MR) is 136 cm³/mol. The van der Waals surface area contributed by atoms with E-state index in [-0.39, 0.29) is 24.1 Å². The summed E-state index contributed by atoms with van der Waals surface area (Å²) in [6.45, 7) is 6.00. The van der Waals surface area contributed by atoms with Gasteiger partial charge in [-0.25, -0.2) is 9.78 Å². The van der Waals surface area contributed by atoms with Crippen LogP contribution in [0.25, 0.3) is 11.3 Å². The molecule has 3 aromatic rings. The van der Waals surface area contributed by atoms with E-state index in [1.807, 2.05) is 37.4 Å². The number of piperidine rings is 1. The van der Waals surface area contributed by atoms with Gasteiger partial charge in [-0.05, 0) is 51.0 Å². The van der Waals surface area contributed by atoms with Crippen molar-refractivity contribution in [1.29, 1.82) is 0 Å². The Balaban J connectivity index is 1.47. The largest absolute Gasteiger partial charge is 0.488 e. The second-order valence-electron chi connectivity index (χ2n) is 8.54. The molecule has 0 radical (unpaired) electrons. The predicted octanol–water partition coefficient (Wildman–Crippen LogP) is 4.76. The Morgan fingerprint density at radius 1 is 1.20 bits per heavy atom. The number of anilines is 2. The highest BCUT2D eigenvalue weighted by atomic mass is 32.1. The number of nitrogens with two attached hydrogens (primary N) is 1. The van der Waals surface area contributed by atoms with Crippen LogP contribution in [0.3, 0.4) is 0 Å². The lowest BCUT2D eigenvalue weighted by Gasteiger charge is -2.30. The molecule has 8 nitrogen and oxygen atoms in total. The first-order chi connectivity index (χ1) is 16.9. The van der Waals surface area contributed by atoms with Gasteiger partial charge in [0, 0.05) is 35.3 Å². The van der Waals surface area contributed by atoms with Gasteiger partial charge < -0.3 is 25.2 Å². The fourth-order valence-electron chi connectivity index (χ4n) is 4.08. The molecule has 0 bridgehead atoms. The fourth-order valence-corrected chi connectivity index (χ4v) is 4.96. The molecule has 0 spiro atoms. The van der Waals surface area contributed by atoms with Crippen molar-refractivity contribution in [3.8, 4) is 17.0 Å². The maximum atomic E-state index is 12.0. The third-order valence-corrected chi connectivity index (χ3v) is 6.97. The number of ether oxygens (including phenoxy) is 2. The second-order valence-corrected chi connectivity index (χ2v) is 9.37. The third kappa shape index (κ3) is 5.74. The Labute approximate surface area is 208 Å². The number of thiazole rings is 1. The molecule has 0 saturated carbocycles. The molecule has 1 aliphatic heterocycles. The minimum absolute atomic E-state index is 0.0422. The number of aromatic carboxylic acids is 1. The first-order valence-corrected chi connectivity index (χ1v) is 12.5. The van der Waals surface area contributed by atoms with Gasteiger partial charge in [0.05, 0.1) is 23.8 Å². The molecule has 9 heteroatoms. The van der Waals surface area contributed by atoms with Crippen molar-refractivity contribution in [2.45, 2.75) is 33.3 Å². The Bertz CT molecular complexity index is 1220. The van der Waals surface area contributed by atoms with Gasteiger partial charge >= 0.3 is 11.9 Å². The van der Waals surface area contributed by atoms with E-state index in [1.54, 1.807) is 17.4 Å². The van der Waals surface area contributed by atoms with Crippen molar-refractivity contribution >= 4 is 34.1 Å². The molecule has 1 aromatic heterocycles. The third-order valence-electron chi connectivity index (χ3n) is 6.06. The van der Waals surface area contributed by atoms with Crippen molar-refractivity contribution in [3.63, 3.8) is 0 Å². The van der Waals surface area contributed by atoms with E-state index >= 15 is 0 Å². The minimum Gasteiger partial charge on any atom is -0.488 e. The summed E-state index contributed by atoms with van der Waals surface area (Å²) >= 11 is 1.57. The zero-order valence-electron chi connectivity index (χ0n) is 19.8. The van der Waals surface area contributed by atoms with E-state index in [2.05, 4.69) is 4.90 Å². The molecule has 1 aliphatic rings. The van der Waals surface area contributed by atoms with Crippen LogP contribution < -0.4 is 15.4 Å². The monoisotopic (exact) mass is 495 g/mol. The lowest BCUT2D eigenvalue weighted by molar-refractivity contribution is -0.148. The fraction of sp³-hybridized carbons (Fsp3) is 0.346. The lowest BCUT2D eigenvalue weighted by Crippen LogP contribution is -2.36. The number of benzene rings is 2. The highest BCUT2D eigenvalue weighted by Crippen LogP contribution is 2.36. The van der Waals surface area contributed by atoms with Crippen LogP contribution in [0.2, 0.25) is 0 Å². The average molecular weight is 496 g/mol. The van der Waals surface area contributed by atoms with Gasteiger partial charge in [0.1, 0.15) is 12.4 Å². The zero-order valence-corrected chi connectivity index (χ0v) is 20.6. The molecule has 2 aromatic carbocycles. The van der Waals surface area contributed by atoms with E-state index in [4.69, 9.17) is 25.3 Å². The van der Waals surface area contributed by atoms with Crippen molar-refractivity contribution in [3.05, 3.63) is 58.5 Å². The van der Waals surface area contributed by atoms with Crippen molar-refractivity contribution < 1.29 is 24.2 Å². The number of carboxylic acid groups (broad SMARTS) is 1. The number of esters is 1. The van der Waals surface area contributed by atoms with Crippen LogP contribution >= 0.6 is 11.3 Å². The lowest BCUT2D eigenvalue weighted by atomic mass is 9.97. The quantitative estimate of drug-likeness (QED) is 0.340. The molecule has 1 fully saturated rings. The summed E-state index contributed by atoms with van der Waals surface area (Å²) in [5, 5.41) is 12.1. The van der Waals surface area contributed by atoms with Crippen LogP contribution in [-0.4, -0.2) is 41.7 Å². The number of aryl methyl sites for hydroxylation is 1. The number of rotatable bonds is 8. The summed E-state index contributed by atoms with van der Waals surface area (Å²) in [5.74, 6) is -0.490. The molecule has 1 saturated heterocycles. The van der Waals surface area contributed by atoms with Crippen LogP contribution in [0.5, 0.6) is 5.75 Å². The zero-order chi connectivity index (χ0) is 24.9. The molecule has 184 valence electrons. The molecule has 0 atom stereocenters. The second kappa shape index (κ2) is 10.8. The molecule has 35 heavy (non-hydrogen) atoms. The Kier molecular flexibility index (Phi) is 7.55. The summed E-state index contributed by atoms with van der Waals surface area (Å²) in [7, 11) is 0. The van der Waals surface area contributed by atoms with Crippen molar-refractivity contribution in [2.75, 3.05) is 30.3 Å². The highest BCUT2D eigenvalue weighted by molar-refractivity contribution is 7.14. The van der Waals surface area contributed by atoms with Crippen LogP contribution in [-0.2, 0) is 16.1 Å². The van der Waals surface area contributed by atoms with Crippen LogP contribution in [0.15, 0.2) is 41.8 Å². The summed E-state index contributed by atoms with van der Waals surface area (Å²) < 4.78 is 11.3. The van der Waals surface area contributed by atoms with Gasteiger partial charge in [0.25, 0.3) is 0 Å². The number of hydrogen-bond donors (Lipinski definition) is 2. The minimum atomic E-state index is -1.02. The molecule has 4 rings (SSSR count). The van der Waals surface area contributed by atoms with Crippen molar-refractivity contribution in [2.24, 2.45) is 5.92 Å². The van der Waals surface area contributed by atoms with Crippen LogP contribution in [0, 0.1) is 12.8 Å². The normalized spacial score (nSPS) is 14.1. The molecule has 2 heterocycles.